The molecule has 0 atom stereocenters. The average molecular weight is 384 g/mol. The van der Waals surface area contributed by atoms with Crippen molar-refractivity contribution in [1.29, 1.82) is 0 Å². The standard InChI is InChI=1S/C20H20N2O4S/c1-2-22(12-14-7-8-17-18(11-14)25-10-9-24-17)19(23)13-27-20-21-15-5-3-4-6-16(15)26-20/h3-8,11H,2,9-10,12-13H2,1H3. The van der Waals surface area contributed by atoms with Crippen molar-refractivity contribution in [1.82, 2.24) is 9.88 Å². The summed E-state index contributed by atoms with van der Waals surface area (Å²) in [5.74, 6) is 1.82. The molecular formula is C20H20N2O4S. The van der Waals surface area contributed by atoms with Crippen molar-refractivity contribution in [3.8, 4) is 11.5 Å². The highest BCUT2D eigenvalue weighted by molar-refractivity contribution is 7.99. The summed E-state index contributed by atoms with van der Waals surface area (Å²) in [5.41, 5.74) is 2.55. The minimum atomic E-state index is 0.0413. The van der Waals surface area contributed by atoms with E-state index in [9.17, 15) is 4.79 Å². The lowest BCUT2D eigenvalue weighted by molar-refractivity contribution is -0.128. The van der Waals surface area contributed by atoms with Crippen LogP contribution in [0.25, 0.3) is 11.1 Å². The number of ether oxygens (including phenoxy) is 2. The number of rotatable bonds is 6. The van der Waals surface area contributed by atoms with Crippen LogP contribution in [0.1, 0.15) is 12.5 Å². The largest absolute Gasteiger partial charge is 0.486 e. The highest BCUT2D eigenvalue weighted by atomic mass is 32.2. The molecule has 3 aromatic rings. The Balaban J connectivity index is 1.39. The predicted molar refractivity (Wildman–Crippen MR) is 103 cm³/mol. The average Bonchev–Trinajstić information content (AvgIpc) is 3.13. The van der Waals surface area contributed by atoms with Gasteiger partial charge in [0.2, 0.25) is 5.91 Å². The fourth-order valence-corrected chi connectivity index (χ4v) is 3.65. The maximum atomic E-state index is 12.6. The Hall–Kier alpha value is -2.67. The first-order valence-electron chi connectivity index (χ1n) is 8.87. The molecule has 0 bridgehead atoms. The Labute approximate surface area is 161 Å². The Bertz CT molecular complexity index is 923. The van der Waals surface area contributed by atoms with Gasteiger partial charge in [0, 0.05) is 13.1 Å². The van der Waals surface area contributed by atoms with Crippen molar-refractivity contribution >= 4 is 28.8 Å². The highest BCUT2D eigenvalue weighted by Crippen LogP contribution is 2.31. The lowest BCUT2D eigenvalue weighted by atomic mass is 10.2. The third-order valence-corrected chi connectivity index (χ3v) is 5.12. The minimum absolute atomic E-state index is 0.0413. The van der Waals surface area contributed by atoms with Gasteiger partial charge < -0.3 is 18.8 Å². The second-order valence-electron chi connectivity index (χ2n) is 6.12. The van der Waals surface area contributed by atoms with Gasteiger partial charge in [-0.05, 0) is 36.8 Å². The van der Waals surface area contributed by atoms with E-state index in [4.69, 9.17) is 13.9 Å². The van der Waals surface area contributed by atoms with E-state index in [1.54, 1.807) is 4.90 Å². The van der Waals surface area contributed by atoms with E-state index >= 15 is 0 Å². The molecule has 0 saturated heterocycles. The molecular weight excluding hydrogens is 364 g/mol. The Kier molecular flexibility index (Phi) is 5.20. The minimum Gasteiger partial charge on any atom is -0.486 e. The van der Waals surface area contributed by atoms with E-state index in [0.717, 1.165) is 28.2 Å². The second kappa shape index (κ2) is 7.92. The van der Waals surface area contributed by atoms with Gasteiger partial charge in [-0.25, -0.2) is 4.98 Å². The van der Waals surface area contributed by atoms with Gasteiger partial charge in [0.15, 0.2) is 17.1 Å². The molecule has 0 unspecified atom stereocenters. The van der Waals surface area contributed by atoms with Crippen LogP contribution in [-0.2, 0) is 11.3 Å². The smallest absolute Gasteiger partial charge is 0.257 e. The number of oxazole rings is 1. The van der Waals surface area contributed by atoms with Gasteiger partial charge in [0.1, 0.15) is 18.7 Å². The molecule has 0 N–H and O–H groups in total. The Morgan fingerprint density at radius 1 is 1.15 bits per heavy atom. The van der Waals surface area contributed by atoms with Crippen LogP contribution in [0.3, 0.4) is 0 Å². The van der Waals surface area contributed by atoms with Crippen LogP contribution in [0.4, 0.5) is 0 Å². The van der Waals surface area contributed by atoms with Crippen molar-refractivity contribution in [3.05, 3.63) is 48.0 Å². The molecule has 0 aliphatic carbocycles. The van der Waals surface area contributed by atoms with E-state index in [-0.39, 0.29) is 11.7 Å². The molecule has 4 rings (SSSR count). The van der Waals surface area contributed by atoms with Gasteiger partial charge in [-0.3, -0.25) is 4.79 Å². The highest BCUT2D eigenvalue weighted by Gasteiger charge is 2.17. The van der Waals surface area contributed by atoms with E-state index in [1.165, 1.54) is 11.8 Å². The topological polar surface area (TPSA) is 64.8 Å². The molecule has 0 saturated carbocycles. The zero-order valence-electron chi connectivity index (χ0n) is 15.0. The SMILES string of the molecule is CCN(Cc1ccc2c(c1)OCCO2)C(=O)CSc1nc2ccccc2o1. The van der Waals surface area contributed by atoms with Gasteiger partial charge in [-0.15, -0.1) is 0 Å². The number of aromatic nitrogens is 1. The van der Waals surface area contributed by atoms with Crippen LogP contribution >= 0.6 is 11.8 Å². The first-order valence-corrected chi connectivity index (χ1v) is 9.86. The van der Waals surface area contributed by atoms with Gasteiger partial charge >= 0.3 is 0 Å². The summed E-state index contributed by atoms with van der Waals surface area (Å²) in [6.45, 7) is 4.24. The zero-order chi connectivity index (χ0) is 18.6. The number of fused-ring (bicyclic) bond motifs is 2. The maximum Gasteiger partial charge on any atom is 0.257 e. The molecule has 1 aliphatic heterocycles. The molecule has 2 aromatic carbocycles. The van der Waals surface area contributed by atoms with Crippen molar-refractivity contribution in [2.75, 3.05) is 25.5 Å². The number of para-hydroxylation sites is 2. The maximum absolute atomic E-state index is 12.6. The second-order valence-corrected chi connectivity index (χ2v) is 7.05. The fourth-order valence-electron chi connectivity index (χ4n) is 2.91. The lowest BCUT2D eigenvalue weighted by Gasteiger charge is -2.23. The van der Waals surface area contributed by atoms with Crippen LogP contribution in [-0.4, -0.2) is 41.3 Å². The van der Waals surface area contributed by atoms with E-state index in [0.29, 0.717) is 31.5 Å². The summed E-state index contributed by atoms with van der Waals surface area (Å²) in [4.78, 5) is 18.8. The number of hydrogen-bond acceptors (Lipinski definition) is 6. The fraction of sp³-hybridized carbons (Fsp3) is 0.300. The van der Waals surface area contributed by atoms with Gasteiger partial charge in [0.05, 0.1) is 5.75 Å². The number of amides is 1. The Morgan fingerprint density at radius 3 is 2.78 bits per heavy atom. The third kappa shape index (κ3) is 4.03. The van der Waals surface area contributed by atoms with Crippen LogP contribution in [0.5, 0.6) is 11.5 Å². The van der Waals surface area contributed by atoms with Crippen LogP contribution in [0.2, 0.25) is 0 Å². The van der Waals surface area contributed by atoms with E-state index in [1.807, 2.05) is 49.4 Å². The molecule has 6 nitrogen and oxygen atoms in total. The summed E-state index contributed by atoms with van der Waals surface area (Å²) in [5, 5.41) is 0.514. The molecule has 2 heterocycles. The van der Waals surface area contributed by atoms with Crippen LogP contribution in [0, 0.1) is 0 Å². The number of carbonyl (C=O) groups is 1. The Morgan fingerprint density at radius 2 is 1.96 bits per heavy atom. The summed E-state index contributed by atoms with van der Waals surface area (Å²) >= 11 is 1.32. The zero-order valence-corrected chi connectivity index (χ0v) is 15.8. The van der Waals surface area contributed by atoms with Crippen molar-refractivity contribution < 1.29 is 18.7 Å². The number of thioether (sulfide) groups is 1. The first-order chi connectivity index (χ1) is 13.2. The number of benzene rings is 2. The molecule has 0 spiro atoms. The lowest BCUT2D eigenvalue weighted by Crippen LogP contribution is -2.31. The molecule has 7 heteroatoms. The quantitative estimate of drug-likeness (QED) is 0.603. The molecule has 0 radical (unpaired) electrons. The molecule has 1 amide bonds. The molecule has 0 fully saturated rings. The van der Waals surface area contributed by atoms with Crippen molar-refractivity contribution in [2.45, 2.75) is 18.7 Å². The van der Waals surface area contributed by atoms with Gasteiger partial charge in [0.25, 0.3) is 5.22 Å². The molecule has 140 valence electrons. The predicted octanol–water partition coefficient (Wildman–Crippen LogP) is 3.74. The van der Waals surface area contributed by atoms with Crippen molar-refractivity contribution in [2.24, 2.45) is 0 Å². The summed E-state index contributed by atoms with van der Waals surface area (Å²) < 4.78 is 16.8. The molecule has 1 aliphatic rings. The van der Waals surface area contributed by atoms with Gasteiger partial charge in [-0.1, -0.05) is 30.0 Å². The van der Waals surface area contributed by atoms with Crippen LogP contribution < -0.4 is 9.47 Å². The first kappa shape index (κ1) is 17.7. The summed E-state index contributed by atoms with van der Waals surface area (Å²) in [6, 6.07) is 13.4. The monoisotopic (exact) mass is 384 g/mol. The normalized spacial score (nSPS) is 12.9. The molecule has 27 heavy (non-hydrogen) atoms. The summed E-state index contributed by atoms with van der Waals surface area (Å²) in [7, 11) is 0. The van der Waals surface area contributed by atoms with Gasteiger partial charge in [-0.2, -0.15) is 0 Å². The van der Waals surface area contributed by atoms with E-state index < -0.39 is 0 Å². The van der Waals surface area contributed by atoms with Crippen LogP contribution in [0.15, 0.2) is 52.1 Å². The molecule has 1 aromatic heterocycles. The van der Waals surface area contributed by atoms with E-state index in [2.05, 4.69) is 4.98 Å². The number of hydrogen-bond donors (Lipinski definition) is 0. The third-order valence-electron chi connectivity index (χ3n) is 4.31. The van der Waals surface area contributed by atoms with Crippen molar-refractivity contribution in [3.63, 3.8) is 0 Å². The number of nitrogens with zero attached hydrogens (tertiary/aromatic N) is 2. The summed E-state index contributed by atoms with van der Waals surface area (Å²) in [6.07, 6.45) is 0. The number of carbonyl (C=O) groups excluding carboxylic acids is 1.